The lowest BCUT2D eigenvalue weighted by atomic mass is 9.86. The second-order valence-corrected chi connectivity index (χ2v) is 9.50. The van der Waals surface area contributed by atoms with E-state index >= 15 is 0 Å². The third-order valence-corrected chi connectivity index (χ3v) is 6.75. The number of nitrogens with two attached hydrogens (primary N) is 2. The van der Waals surface area contributed by atoms with Crippen molar-refractivity contribution in [3.8, 4) is 0 Å². The molecule has 0 unspecified atom stereocenters. The quantitative estimate of drug-likeness (QED) is 0.187. The summed E-state index contributed by atoms with van der Waals surface area (Å²) in [4.78, 5) is 40.3. The fraction of sp³-hybridized carbons (Fsp3) is 0.143. The summed E-state index contributed by atoms with van der Waals surface area (Å²) in [5.41, 5.74) is 11.8. The van der Waals surface area contributed by atoms with Gasteiger partial charge in [-0.3, -0.25) is 9.59 Å². The molecule has 0 atom stereocenters. The zero-order valence-electron chi connectivity index (χ0n) is 17.2. The van der Waals surface area contributed by atoms with Gasteiger partial charge in [-0.2, -0.15) is 0 Å². The number of hydrogen-bond acceptors (Lipinski definition) is 8. The third kappa shape index (κ3) is 5.64. The number of halogens is 2. The lowest BCUT2D eigenvalue weighted by Crippen LogP contribution is -2.28. The smallest absolute Gasteiger partial charge is 0.257 e. The number of aromatic nitrogens is 4. The Morgan fingerprint density at radius 3 is 1.82 bits per heavy atom. The van der Waals surface area contributed by atoms with E-state index in [2.05, 4.69) is 33.1 Å². The molecule has 2 heterocycles. The van der Waals surface area contributed by atoms with E-state index in [1.165, 1.54) is 29.6 Å². The average Bonchev–Trinajstić information content (AvgIpc) is 2.74. The molecule has 33 heavy (non-hydrogen) atoms. The van der Waals surface area contributed by atoms with E-state index in [0.29, 0.717) is 32.4 Å². The van der Waals surface area contributed by atoms with E-state index in [1.54, 1.807) is 24.3 Å². The monoisotopic (exact) mass is 522 g/mol. The van der Waals surface area contributed by atoms with Crippen molar-refractivity contribution in [2.45, 2.75) is 16.2 Å². The van der Waals surface area contributed by atoms with Crippen molar-refractivity contribution in [2.24, 2.45) is 0 Å². The van der Waals surface area contributed by atoms with Crippen molar-refractivity contribution in [3.63, 3.8) is 0 Å². The Morgan fingerprint density at radius 1 is 0.939 bits per heavy atom. The van der Waals surface area contributed by atoms with Crippen LogP contribution in [-0.2, 0) is 0 Å². The summed E-state index contributed by atoms with van der Waals surface area (Å²) in [5, 5.41) is 1.24. The van der Waals surface area contributed by atoms with Gasteiger partial charge in [0, 0.05) is 21.6 Å². The second kappa shape index (κ2) is 11.0. The van der Waals surface area contributed by atoms with E-state index < -0.39 is 17.0 Å². The lowest BCUT2D eigenvalue weighted by Gasteiger charge is -2.21. The zero-order valence-corrected chi connectivity index (χ0v) is 20.4. The van der Waals surface area contributed by atoms with E-state index in [4.69, 9.17) is 34.7 Å². The Balaban J connectivity index is 2.28. The zero-order chi connectivity index (χ0) is 24.1. The second-order valence-electron chi connectivity index (χ2n) is 6.64. The number of aromatic amines is 2. The fourth-order valence-electron chi connectivity index (χ4n) is 3.12. The first kappa shape index (κ1) is 25.0. The first-order valence-corrected chi connectivity index (χ1v) is 12.2. The molecule has 8 nitrogen and oxygen atoms in total. The molecule has 0 aliphatic carbocycles. The van der Waals surface area contributed by atoms with Gasteiger partial charge < -0.3 is 21.4 Å². The number of rotatable bonds is 9. The number of nitrogen functional groups attached to an aromatic ring is 2. The number of thioether (sulfide) groups is 2. The Bertz CT molecular complexity index is 1250. The predicted octanol–water partition coefficient (Wildman–Crippen LogP) is 4.06. The Morgan fingerprint density at radius 2 is 1.42 bits per heavy atom. The van der Waals surface area contributed by atoms with Crippen LogP contribution in [0, 0.1) is 0 Å². The number of nitrogens with zero attached hydrogens (tertiary/aromatic N) is 2. The molecule has 1 aromatic carbocycles. The number of nitrogens with one attached hydrogen (secondary N) is 2. The standard InChI is InChI=1S/C21H20Cl2N6O2S2/c1-3-7-32-20-26-16(24)14(18(30)28-20)13(11-6-5-10(22)9-12(11)23)15-17(25)27-21(29-19(15)31)33-8-4-2/h3-6,9,13H,1-2,7-8H2,(H3,24,26,28,30)(H3,25,27,29,31). The van der Waals surface area contributed by atoms with Gasteiger partial charge in [-0.25, -0.2) is 9.97 Å². The summed E-state index contributed by atoms with van der Waals surface area (Å²) in [7, 11) is 0. The molecule has 0 spiro atoms. The molecule has 0 saturated heterocycles. The normalized spacial score (nSPS) is 11.0. The van der Waals surface area contributed by atoms with Crippen LogP contribution in [0.25, 0.3) is 0 Å². The molecule has 0 amide bonds. The minimum Gasteiger partial charge on any atom is -0.383 e. The maximum absolute atomic E-state index is 13.1. The van der Waals surface area contributed by atoms with Gasteiger partial charge in [-0.1, -0.05) is 64.9 Å². The highest BCUT2D eigenvalue weighted by Crippen LogP contribution is 2.38. The Labute approximate surface area is 207 Å². The lowest BCUT2D eigenvalue weighted by molar-refractivity contribution is 0.831. The number of anilines is 2. The highest BCUT2D eigenvalue weighted by atomic mass is 35.5. The maximum Gasteiger partial charge on any atom is 0.257 e. The fourth-order valence-corrected chi connectivity index (χ4v) is 4.84. The SMILES string of the molecule is C=CCSc1nc(N)c(C(c2ccc(Cl)cc2Cl)c2c(N)nc(SCC=C)[nH]c2=O)c(=O)[nH]1. The number of hydrogen-bond donors (Lipinski definition) is 4. The van der Waals surface area contributed by atoms with Crippen molar-refractivity contribution in [2.75, 3.05) is 23.0 Å². The van der Waals surface area contributed by atoms with Gasteiger partial charge in [0.2, 0.25) is 0 Å². The summed E-state index contributed by atoms with van der Waals surface area (Å²) in [6.07, 6.45) is 3.34. The van der Waals surface area contributed by atoms with Gasteiger partial charge >= 0.3 is 0 Å². The van der Waals surface area contributed by atoms with Crippen molar-refractivity contribution >= 4 is 58.4 Å². The molecule has 0 bridgehead atoms. The first-order chi connectivity index (χ1) is 15.8. The molecule has 0 aliphatic heterocycles. The van der Waals surface area contributed by atoms with E-state index in [9.17, 15) is 9.59 Å². The molecular formula is C21H20Cl2N6O2S2. The molecule has 6 N–H and O–H groups in total. The molecule has 0 aliphatic rings. The van der Waals surface area contributed by atoms with Crippen LogP contribution < -0.4 is 22.6 Å². The van der Waals surface area contributed by atoms with Crippen LogP contribution in [0.3, 0.4) is 0 Å². The van der Waals surface area contributed by atoms with Crippen molar-refractivity contribution in [1.82, 2.24) is 19.9 Å². The van der Waals surface area contributed by atoms with E-state index in [-0.39, 0.29) is 27.8 Å². The molecule has 3 rings (SSSR count). The molecule has 0 saturated carbocycles. The molecule has 3 aromatic rings. The van der Waals surface area contributed by atoms with Crippen LogP contribution in [0.4, 0.5) is 11.6 Å². The molecular weight excluding hydrogens is 503 g/mol. The molecule has 2 aromatic heterocycles. The molecule has 12 heteroatoms. The van der Waals surface area contributed by atoms with Crippen LogP contribution >= 0.6 is 46.7 Å². The average molecular weight is 523 g/mol. The van der Waals surface area contributed by atoms with Crippen LogP contribution in [0.2, 0.25) is 10.0 Å². The van der Waals surface area contributed by atoms with E-state index in [0.717, 1.165) is 0 Å². The van der Waals surface area contributed by atoms with Crippen LogP contribution in [0.5, 0.6) is 0 Å². The minimum absolute atomic E-state index is 0.0210. The first-order valence-electron chi connectivity index (χ1n) is 9.48. The summed E-state index contributed by atoms with van der Waals surface area (Å²) in [6, 6.07) is 4.70. The molecule has 172 valence electrons. The number of H-pyrrole nitrogens is 2. The van der Waals surface area contributed by atoms with Gasteiger partial charge in [-0.15, -0.1) is 13.2 Å². The molecule has 0 fully saturated rings. The largest absolute Gasteiger partial charge is 0.383 e. The van der Waals surface area contributed by atoms with Crippen molar-refractivity contribution in [1.29, 1.82) is 0 Å². The van der Waals surface area contributed by atoms with Crippen molar-refractivity contribution < 1.29 is 0 Å². The summed E-state index contributed by atoms with van der Waals surface area (Å²) >= 11 is 15.0. The Hall–Kier alpha value is -2.66. The summed E-state index contributed by atoms with van der Waals surface area (Å²) < 4.78 is 0. The third-order valence-electron chi connectivity index (χ3n) is 4.45. The van der Waals surface area contributed by atoms with E-state index in [1.807, 2.05) is 0 Å². The van der Waals surface area contributed by atoms with Gasteiger partial charge in [0.05, 0.1) is 17.0 Å². The van der Waals surface area contributed by atoms with Crippen LogP contribution in [0.1, 0.15) is 22.6 Å². The minimum atomic E-state index is -1.04. The Kier molecular flexibility index (Phi) is 8.30. The van der Waals surface area contributed by atoms with Crippen LogP contribution in [0.15, 0.2) is 63.4 Å². The highest BCUT2D eigenvalue weighted by molar-refractivity contribution is 7.99. The predicted molar refractivity (Wildman–Crippen MR) is 138 cm³/mol. The van der Waals surface area contributed by atoms with Crippen molar-refractivity contribution in [3.05, 3.63) is 91.0 Å². The summed E-state index contributed by atoms with van der Waals surface area (Å²) in [6.45, 7) is 7.29. The van der Waals surface area contributed by atoms with Gasteiger partial charge in [-0.05, 0) is 17.7 Å². The topological polar surface area (TPSA) is 144 Å². The highest BCUT2D eigenvalue weighted by Gasteiger charge is 2.31. The number of benzene rings is 1. The van der Waals surface area contributed by atoms with Gasteiger partial charge in [0.15, 0.2) is 10.3 Å². The maximum atomic E-state index is 13.1. The molecule has 0 radical (unpaired) electrons. The van der Waals surface area contributed by atoms with Crippen LogP contribution in [-0.4, -0.2) is 31.4 Å². The van der Waals surface area contributed by atoms with Gasteiger partial charge in [0.25, 0.3) is 11.1 Å². The van der Waals surface area contributed by atoms with Gasteiger partial charge in [0.1, 0.15) is 11.6 Å². The summed E-state index contributed by atoms with van der Waals surface area (Å²) in [5.74, 6) is -0.127.